The van der Waals surface area contributed by atoms with Gasteiger partial charge >= 0.3 is 6.18 Å². The molecular weight excluding hydrogens is 381 g/mol. The van der Waals surface area contributed by atoms with E-state index in [0.29, 0.717) is 41.5 Å². The van der Waals surface area contributed by atoms with Crippen LogP contribution in [0.15, 0.2) is 42.5 Å². The number of pyridine rings is 1. The molecule has 1 aliphatic carbocycles. The third kappa shape index (κ3) is 4.28. The quantitative estimate of drug-likeness (QED) is 0.789. The van der Waals surface area contributed by atoms with Crippen molar-refractivity contribution in [1.29, 1.82) is 0 Å². The van der Waals surface area contributed by atoms with E-state index in [1.807, 2.05) is 18.2 Å². The first kappa shape index (κ1) is 19.5. The van der Waals surface area contributed by atoms with E-state index in [9.17, 15) is 18.0 Å². The Morgan fingerprint density at radius 1 is 1.14 bits per heavy atom. The number of alkyl halides is 3. The number of aromatic nitrogens is 1. The van der Waals surface area contributed by atoms with Crippen LogP contribution in [0.2, 0.25) is 0 Å². The normalized spacial score (nSPS) is 19.9. The first-order valence-corrected chi connectivity index (χ1v) is 9.59. The minimum atomic E-state index is -4.39. The van der Waals surface area contributed by atoms with Crippen LogP contribution in [0.25, 0.3) is 5.57 Å². The molecule has 2 aliphatic rings. The summed E-state index contributed by atoms with van der Waals surface area (Å²) >= 11 is 0. The number of benzene rings is 1. The first-order chi connectivity index (χ1) is 13.8. The largest absolute Gasteiger partial charge is 0.481 e. The zero-order chi connectivity index (χ0) is 20.6. The summed E-state index contributed by atoms with van der Waals surface area (Å²) in [6.07, 6.45) is 0.751. The van der Waals surface area contributed by atoms with Crippen molar-refractivity contribution in [2.45, 2.75) is 43.8 Å². The molecule has 1 aromatic heterocycles. The van der Waals surface area contributed by atoms with E-state index in [2.05, 4.69) is 10.3 Å². The summed E-state index contributed by atoms with van der Waals surface area (Å²) in [5, 5.41) is 2.87. The molecule has 7 heteroatoms. The van der Waals surface area contributed by atoms with Crippen molar-refractivity contribution in [1.82, 2.24) is 10.3 Å². The molecule has 2 fully saturated rings. The van der Waals surface area contributed by atoms with Crippen LogP contribution >= 0.6 is 0 Å². The van der Waals surface area contributed by atoms with Gasteiger partial charge in [0.2, 0.25) is 11.8 Å². The maximum Gasteiger partial charge on any atom is 0.416 e. The second kappa shape index (κ2) is 7.54. The van der Waals surface area contributed by atoms with Gasteiger partial charge in [0.05, 0.1) is 18.4 Å². The lowest BCUT2D eigenvalue weighted by molar-refractivity contribution is -0.137. The zero-order valence-electron chi connectivity index (χ0n) is 15.9. The van der Waals surface area contributed by atoms with Crippen LogP contribution in [0, 0.1) is 0 Å². The third-order valence-corrected chi connectivity index (χ3v) is 5.30. The molecule has 2 heterocycles. The SMILES string of the molecule is COc1nc(C(=C[C@H]2CCC(=O)N2)c2ccc(C(F)(F)F)cc2)ccc1C1CC1. The van der Waals surface area contributed by atoms with Gasteiger partial charge in [0, 0.05) is 23.6 Å². The molecule has 4 nitrogen and oxygen atoms in total. The molecule has 152 valence electrons. The number of carbonyl (C=O) groups is 1. The summed E-state index contributed by atoms with van der Waals surface area (Å²) in [6, 6.07) is 8.66. The van der Waals surface area contributed by atoms with Gasteiger partial charge in [0.15, 0.2) is 0 Å². The van der Waals surface area contributed by atoms with E-state index in [1.165, 1.54) is 12.1 Å². The molecule has 0 bridgehead atoms. The van der Waals surface area contributed by atoms with Crippen LogP contribution in [-0.4, -0.2) is 24.0 Å². The number of rotatable bonds is 5. The predicted molar refractivity (Wildman–Crippen MR) is 102 cm³/mol. The highest BCUT2D eigenvalue weighted by Gasteiger charge is 2.31. The van der Waals surface area contributed by atoms with Crippen molar-refractivity contribution < 1.29 is 22.7 Å². The minimum absolute atomic E-state index is 0.0346. The Bertz CT molecular complexity index is 948. The smallest absolute Gasteiger partial charge is 0.416 e. The number of carbonyl (C=O) groups excluding carboxylic acids is 1. The second-order valence-electron chi connectivity index (χ2n) is 7.44. The summed E-state index contributed by atoms with van der Waals surface area (Å²) in [5.41, 5.74) is 2.23. The number of hydrogen-bond donors (Lipinski definition) is 1. The molecule has 1 saturated heterocycles. The Morgan fingerprint density at radius 3 is 2.41 bits per heavy atom. The van der Waals surface area contributed by atoms with Crippen LogP contribution < -0.4 is 10.1 Å². The van der Waals surface area contributed by atoms with Gasteiger partial charge < -0.3 is 10.1 Å². The van der Waals surface area contributed by atoms with Gasteiger partial charge in [0.25, 0.3) is 0 Å². The van der Waals surface area contributed by atoms with Gasteiger partial charge in [-0.1, -0.05) is 24.3 Å². The number of hydrogen-bond acceptors (Lipinski definition) is 3. The van der Waals surface area contributed by atoms with E-state index in [1.54, 1.807) is 7.11 Å². The van der Waals surface area contributed by atoms with E-state index in [-0.39, 0.29) is 11.9 Å². The molecule has 2 aromatic rings. The first-order valence-electron chi connectivity index (χ1n) is 9.59. The Kier molecular flexibility index (Phi) is 5.06. The molecule has 1 aromatic carbocycles. The topological polar surface area (TPSA) is 51.2 Å². The van der Waals surface area contributed by atoms with Crippen molar-refractivity contribution in [3.8, 4) is 5.88 Å². The standard InChI is InChI=1S/C22H21F3N2O2/c1-29-21-17(13-2-3-13)9-10-19(27-21)18(12-16-8-11-20(28)26-16)14-4-6-15(7-5-14)22(23,24)25/h4-7,9-10,12-13,16H,2-3,8,11H2,1H3,(H,26,28)/t16-/m1/s1. The van der Waals surface area contributed by atoms with Crippen molar-refractivity contribution in [3.63, 3.8) is 0 Å². The predicted octanol–water partition coefficient (Wildman–Crippen LogP) is 4.70. The Labute approximate surface area is 166 Å². The fraction of sp³-hybridized carbons (Fsp3) is 0.364. The number of halogens is 3. The molecule has 0 spiro atoms. The van der Waals surface area contributed by atoms with Crippen LogP contribution in [-0.2, 0) is 11.0 Å². The number of nitrogens with zero attached hydrogens (tertiary/aromatic N) is 1. The van der Waals surface area contributed by atoms with E-state index in [0.717, 1.165) is 30.5 Å². The lowest BCUT2D eigenvalue weighted by atomic mass is 9.97. The van der Waals surface area contributed by atoms with Crippen LogP contribution in [0.4, 0.5) is 13.2 Å². The summed E-state index contributed by atoms with van der Waals surface area (Å²) < 4.78 is 44.3. The number of ether oxygens (including phenoxy) is 1. The average molecular weight is 402 g/mol. The highest BCUT2D eigenvalue weighted by atomic mass is 19.4. The van der Waals surface area contributed by atoms with E-state index >= 15 is 0 Å². The van der Waals surface area contributed by atoms with Crippen molar-refractivity contribution in [3.05, 3.63) is 64.9 Å². The molecule has 1 aliphatic heterocycles. The van der Waals surface area contributed by atoms with Crippen LogP contribution in [0.1, 0.15) is 54.0 Å². The highest BCUT2D eigenvalue weighted by molar-refractivity contribution is 5.82. The van der Waals surface area contributed by atoms with Crippen molar-refractivity contribution >= 4 is 11.5 Å². The Morgan fingerprint density at radius 2 is 1.86 bits per heavy atom. The Balaban J connectivity index is 1.74. The molecule has 0 unspecified atom stereocenters. The van der Waals surface area contributed by atoms with Gasteiger partial charge in [-0.05, 0) is 48.9 Å². The van der Waals surface area contributed by atoms with Crippen molar-refractivity contribution in [2.24, 2.45) is 0 Å². The number of methoxy groups -OCH3 is 1. The van der Waals surface area contributed by atoms with Gasteiger partial charge in [-0.25, -0.2) is 4.98 Å². The van der Waals surface area contributed by atoms with Gasteiger partial charge in [-0.2, -0.15) is 13.2 Å². The summed E-state index contributed by atoms with van der Waals surface area (Å²) in [4.78, 5) is 16.2. The Hall–Kier alpha value is -2.83. The molecule has 0 radical (unpaired) electrons. The molecule has 1 saturated carbocycles. The molecule has 4 rings (SSSR count). The lowest BCUT2D eigenvalue weighted by Gasteiger charge is -2.15. The summed E-state index contributed by atoms with van der Waals surface area (Å²) in [5.74, 6) is 0.963. The average Bonchev–Trinajstić information content (AvgIpc) is 3.46. The highest BCUT2D eigenvalue weighted by Crippen LogP contribution is 2.44. The third-order valence-electron chi connectivity index (χ3n) is 5.30. The lowest BCUT2D eigenvalue weighted by Crippen LogP contribution is -2.23. The van der Waals surface area contributed by atoms with E-state index in [4.69, 9.17) is 4.74 Å². The van der Waals surface area contributed by atoms with Crippen molar-refractivity contribution in [2.75, 3.05) is 7.11 Å². The fourth-order valence-corrected chi connectivity index (χ4v) is 3.60. The van der Waals surface area contributed by atoms with E-state index < -0.39 is 11.7 Å². The maximum atomic E-state index is 12.9. The van der Waals surface area contributed by atoms with Crippen LogP contribution in [0.5, 0.6) is 5.88 Å². The molecule has 1 N–H and O–H groups in total. The maximum absolute atomic E-state index is 12.9. The molecular formula is C22H21F3N2O2. The molecule has 1 amide bonds. The summed E-state index contributed by atoms with van der Waals surface area (Å²) in [6.45, 7) is 0. The number of amides is 1. The monoisotopic (exact) mass is 402 g/mol. The molecule has 29 heavy (non-hydrogen) atoms. The molecule has 1 atom stereocenters. The van der Waals surface area contributed by atoms with Crippen LogP contribution in [0.3, 0.4) is 0 Å². The summed E-state index contributed by atoms with van der Waals surface area (Å²) in [7, 11) is 1.57. The number of nitrogens with one attached hydrogen (secondary N) is 1. The van der Waals surface area contributed by atoms with Gasteiger partial charge in [0.1, 0.15) is 0 Å². The second-order valence-corrected chi connectivity index (χ2v) is 7.44. The zero-order valence-corrected chi connectivity index (χ0v) is 15.9. The van der Waals surface area contributed by atoms with Gasteiger partial charge in [-0.3, -0.25) is 4.79 Å². The minimum Gasteiger partial charge on any atom is -0.481 e. The van der Waals surface area contributed by atoms with Gasteiger partial charge in [-0.15, -0.1) is 0 Å². The fourth-order valence-electron chi connectivity index (χ4n) is 3.60.